The third-order valence-corrected chi connectivity index (χ3v) is 8.24. The summed E-state index contributed by atoms with van der Waals surface area (Å²) < 4.78 is 5.37. The number of methoxy groups -OCH3 is 1. The summed E-state index contributed by atoms with van der Waals surface area (Å²) in [6, 6.07) is 13.4. The average Bonchev–Trinajstić information content (AvgIpc) is 3.62. The minimum absolute atomic E-state index is 0.106. The first-order valence-corrected chi connectivity index (χ1v) is 12.1. The lowest BCUT2D eigenvalue weighted by atomic mass is 9.63. The number of carbonyl (C=O) groups excluding carboxylic acids is 3. The molecule has 1 heterocycles. The monoisotopic (exact) mass is 476 g/mol. The first kappa shape index (κ1) is 21.4. The quantitative estimate of drug-likeness (QED) is 0.506. The Kier molecular flexibility index (Phi) is 5.03. The van der Waals surface area contributed by atoms with E-state index in [2.05, 4.69) is 17.5 Å². The van der Waals surface area contributed by atoms with Gasteiger partial charge in [-0.15, -0.1) is 0 Å². The zero-order valence-corrected chi connectivity index (χ0v) is 19.4. The fourth-order valence-electron chi connectivity index (χ4n) is 6.42. The van der Waals surface area contributed by atoms with E-state index in [9.17, 15) is 14.4 Å². The second-order valence-electron chi connectivity index (χ2n) is 9.74. The van der Waals surface area contributed by atoms with Crippen molar-refractivity contribution in [2.75, 3.05) is 12.4 Å². The molecule has 5 aliphatic rings. The molecule has 1 aliphatic heterocycles. The van der Waals surface area contributed by atoms with E-state index >= 15 is 0 Å². The zero-order chi connectivity index (χ0) is 23.6. The number of ether oxygens (including phenoxy) is 1. The predicted octanol–water partition coefficient (Wildman–Crippen LogP) is 3.95. The van der Waals surface area contributed by atoms with Crippen LogP contribution in [0.5, 0.6) is 5.75 Å². The van der Waals surface area contributed by atoms with Gasteiger partial charge in [0, 0.05) is 11.4 Å². The molecule has 34 heavy (non-hydrogen) atoms. The fraction of sp³-hybridized carbons (Fsp3) is 0.370. The molecule has 0 spiro atoms. The van der Waals surface area contributed by atoms with Crippen LogP contribution in [0.3, 0.4) is 0 Å². The molecule has 0 aromatic heterocycles. The maximum atomic E-state index is 13.7. The van der Waals surface area contributed by atoms with Gasteiger partial charge in [-0.05, 0) is 53.9 Å². The smallest absolute Gasteiger partial charge is 0.248 e. The minimum Gasteiger partial charge on any atom is -0.495 e. The first-order valence-electron chi connectivity index (χ1n) is 11.7. The van der Waals surface area contributed by atoms with Gasteiger partial charge in [-0.1, -0.05) is 54.1 Å². The summed E-state index contributed by atoms with van der Waals surface area (Å²) in [5.74, 6) is 0.111. The second-order valence-corrected chi connectivity index (χ2v) is 10.2. The number of halogens is 1. The molecule has 0 unspecified atom stereocenters. The van der Waals surface area contributed by atoms with Crippen molar-refractivity contribution in [2.45, 2.75) is 18.9 Å². The number of allylic oxidation sites excluding steroid dienone is 2. The standard InChI is InChI=1S/C27H25ClN2O4/c1-34-22-10-7-15(28)12-20(22)29-25(31)21(11-14-5-3-2-4-6-14)30-26(32)23-16-8-9-17(19-13-18(16)19)24(23)27(30)33/h2-10,12,16-19,21,23-24H,11,13H2,1H3,(H,29,31)/t16-,17-,18-,19-,21-,23-,24+/m0/s1. The molecule has 1 saturated heterocycles. The number of imide groups is 1. The summed E-state index contributed by atoms with van der Waals surface area (Å²) in [6.07, 6.45) is 5.61. The lowest BCUT2D eigenvalue weighted by molar-refractivity contribution is -0.146. The van der Waals surface area contributed by atoms with Gasteiger partial charge in [0.15, 0.2) is 0 Å². The van der Waals surface area contributed by atoms with E-state index in [0.29, 0.717) is 28.3 Å². The first-order chi connectivity index (χ1) is 16.5. The van der Waals surface area contributed by atoms with E-state index in [-0.39, 0.29) is 41.9 Å². The lowest BCUT2D eigenvalue weighted by Gasteiger charge is -2.37. The van der Waals surface area contributed by atoms with Gasteiger partial charge in [0.2, 0.25) is 17.7 Å². The Labute approximate surface area is 202 Å². The van der Waals surface area contributed by atoms with E-state index in [1.54, 1.807) is 18.2 Å². The number of carbonyl (C=O) groups is 3. The van der Waals surface area contributed by atoms with Crippen molar-refractivity contribution in [3.8, 4) is 5.75 Å². The highest BCUT2D eigenvalue weighted by Gasteiger charge is 2.67. The van der Waals surface area contributed by atoms with E-state index in [1.807, 2.05) is 30.3 Å². The zero-order valence-electron chi connectivity index (χ0n) is 18.7. The summed E-state index contributed by atoms with van der Waals surface area (Å²) in [6.45, 7) is 0. The Hall–Kier alpha value is -3.12. The Morgan fingerprint density at radius 1 is 1.06 bits per heavy atom. The van der Waals surface area contributed by atoms with Gasteiger partial charge in [-0.3, -0.25) is 19.3 Å². The van der Waals surface area contributed by atoms with Gasteiger partial charge in [0.25, 0.3) is 0 Å². The molecule has 174 valence electrons. The minimum atomic E-state index is -0.965. The van der Waals surface area contributed by atoms with Gasteiger partial charge in [-0.25, -0.2) is 0 Å². The third-order valence-electron chi connectivity index (χ3n) is 8.00. The molecule has 1 N–H and O–H groups in total. The van der Waals surface area contributed by atoms with Crippen molar-refractivity contribution in [1.29, 1.82) is 0 Å². The largest absolute Gasteiger partial charge is 0.495 e. The van der Waals surface area contributed by atoms with Crippen LogP contribution in [-0.4, -0.2) is 35.8 Å². The van der Waals surface area contributed by atoms with Crippen LogP contribution in [0.15, 0.2) is 60.7 Å². The number of nitrogens with zero attached hydrogens (tertiary/aromatic N) is 1. The number of anilines is 1. The Morgan fingerprint density at radius 2 is 1.71 bits per heavy atom. The molecule has 3 fully saturated rings. The normalized spacial score (nSPS) is 31.2. The average molecular weight is 477 g/mol. The van der Waals surface area contributed by atoms with Crippen LogP contribution in [0.25, 0.3) is 0 Å². The number of benzene rings is 2. The topological polar surface area (TPSA) is 75.7 Å². The molecule has 7 heteroatoms. The van der Waals surface area contributed by atoms with Gasteiger partial charge in [0.05, 0.1) is 24.6 Å². The van der Waals surface area contributed by atoms with Crippen LogP contribution in [0, 0.1) is 35.5 Å². The molecule has 2 saturated carbocycles. The van der Waals surface area contributed by atoms with Gasteiger partial charge in [0.1, 0.15) is 11.8 Å². The SMILES string of the molecule is COc1ccc(Cl)cc1NC(=O)[C@H](Cc1ccccc1)N1C(=O)[C@@H]2[C@H]3C=C[C@@H]([C@@H]4C[C@@H]34)[C@@H]2C1=O. The fourth-order valence-corrected chi connectivity index (χ4v) is 6.59. The molecule has 7 atom stereocenters. The molecule has 4 aliphatic carbocycles. The van der Waals surface area contributed by atoms with Crippen LogP contribution in [0.2, 0.25) is 5.02 Å². The predicted molar refractivity (Wildman–Crippen MR) is 127 cm³/mol. The van der Waals surface area contributed by atoms with Crippen LogP contribution in [0.1, 0.15) is 12.0 Å². The molecular weight excluding hydrogens is 452 g/mol. The number of nitrogens with one attached hydrogen (secondary N) is 1. The van der Waals surface area contributed by atoms with Crippen LogP contribution in [0.4, 0.5) is 5.69 Å². The Morgan fingerprint density at radius 3 is 2.32 bits per heavy atom. The van der Waals surface area contributed by atoms with Gasteiger partial charge in [-0.2, -0.15) is 0 Å². The van der Waals surface area contributed by atoms with Crippen molar-refractivity contribution < 1.29 is 19.1 Å². The van der Waals surface area contributed by atoms with E-state index in [4.69, 9.17) is 16.3 Å². The molecular formula is C27H25ClN2O4. The highest BCUT2D eigenvalue weighted by Crippen LogP contribution is 2.65. The van der Waals surface area contributed by atoms with Gasteiger partial charge < -0.3 is 10.1 Å². The Bertz CT molecular complexity index is 1180. The van der Waals surface area contributed by atoms with Crippen molar-refractivity contribution in [3.63, 3.8) is 0 Å². The summed E-state index contributed by atoms with van der Waals surface area (Å²) in [7, 11) is 1.51. The molecule has 2 bridgehead atoms. The van der Waals surface area contributed by atoms with Crippen molar-refractivity contribution in [3.05, 3.63) is 71.3 Å². The summed E-state index contributed by atoms with van der Waals surface area (Å²) in [4.78, 5) is 42.3. The van der Waals surface area contributed by atoms with Crippen LogP contribution >= 0.6 is 11.6 Å². The second kappa shape index (κ2) is 7.98. The van der Waals surface area contributed by atoms with E-state index in [1.165, 1.54) is 12.0 Å². The molecule has 2 aromatic carbocycles. The lowest BCUT2D eigenvalue weighted by Crippen LogP contribution is -2.49. The third kappa shape index (κ3) is 3.27. The summed E-state index contributed by atoms with van der Waals surface area (Å²) in [5, 5.41) is 3.31. The highest BCUT2D eigenvalue weighted by molar-refractivity contribution is 6.31. The Balaban J connectivity index is 1.34. The summed E-state index contributed by atoms with van der Waals surface area (Å²) >= 11 is 6.15. The van der Waals surface area contributed by atoms with Crippen molar-refractivity contribution >= 4 is 35.0 Å². The number of hydrogen-bond acceptors (Lipinski definition) is 4. The van der Waals surface area contributed by atoms with Gasteiger partial charge >= 0.3 is 0 Å². The molecule has 0 radical (unpaired) electrons. The number of hydrogen-bond donors (Lipinski definition) is 1. The van der Waals surface area contributed by atoms with Crippen LogP contribution < -0.4 is 10.1 Å². The van der Waals surface area contributed by atoms with Crippen molar-refractivity contribution in [1.82, 2.24) is 4.90 Å². The van der Waals surface area contributed by atoms with E-state index < -0.39 is 11.9 Å². The molecule has 3 amide bonds. The van der Waals surface area contributed by atoms with Crippen molar-refractivity contribution in [2.24, 2.45) is 35.5 Å². The van der Waals surface area contributed by atoms with Crippen LogP contribution in [-0.2, 0) is 20.8 Å². The highest BCUT2D eigenvalue weighted by atomic mass is 35.5. The van der Waals surface area contributed by atoms with E-state index in [0.717, 1.165) is 12.0 Å². The summed E-state index contributed by atoms with van der Waals surface area (Å²) in [5.41, 5.74) is 1.28. The number of amides is 3. The molecule has 6 nitrogen and oxygen atoms in total. The maximum absolute atomic E-state index is 13.7. The number of likely N-dealkylation sites (tertiary alicyclic amines) is 1. The number of rotatable bonds is 6. The molecule has 2 aromatic rings. The maximum Gasteiger partial charge on any atom is 0.248 e. The molecule has 7 rings (SSSR count).